The smallest absolute Gasteiger partial charge is 0.220 e. The average molecular weight is 419 g/mol. The van der Waals surface area contributed by atoms with E-state index in [9.17, 15) is 4.79 Å². The first-order valence-corrected chi connectivity index (χ1v) is 9.25. The van der Waals surface area contributed by atoms with Crippen molar-refractivity contribution in [2.24, 2.45) is 0 Å². The second kappa shape index (κ2) is 10.5. The Morgan fingerprint density at radius 3 is 1.13 bits per heavy atom. The molecule has 30 heavy (non-hydrogen) atoms. The van der Waals surface area contributed by atoms with Gasteiger partial charge >= 0.3 is 0 Å². The van der Waals surface area contributed by atoms with Gasteiger partial charge in [0.1, 0.15) is 0 Å². The van der Waals surface area contributed by atoms with Gasteiger partial charge < -0.3 is 33.3 Å². The maximum atomic E-state index is 12.4. The van der Waals surface area contributed by atoms with Crippen molar-refractivity contribution in [3.63, 3.8) is 0 Å². The van der Waals surface area contributed by atoms with E-state index < -0.39 is 0 Å². The van der Waals surface area contributed by atoms with Gasteiger partial charge in [-0.2, -0.15) is 0 Å². The topological polar surface area (TPSA) is 75.7 Å². The Morgan fingerprint density at radius 1 is 0.633 bits per heavy atom. The van der Waals surface area contributed by atoms with E-state index in [1.54, 1.807) is 47.6 Å². The van der Waals surface area contributed by atoms with Crippen LogP contribution in [0.1, 0.15) is 18.1 Å². The third-order valence-corrected chi connectivity index (χ3v) is 4.64. The molecule has 2 aromatic rings. The monoisotopic (exact) mass is 419 g/mol. The number of carbonyl (C=O) groups excluding carboxylic acids is 1. The van der Waals surface area contributed by atoms with Crippen LogP contribution in [0.15, 0.2) is 24.3 Å². The van der Waals surface area contributed by atoms with Crippen LogP contribution >= 0.6 is 0 Å². The summed E-state index contributed by atoms with van der Waals surface area (Å²) in [5.74, 6) is 3.04. The van der Waals surface area contributed by atoms with E-state index in [4.69, 9.17) is 28.4 Å². The number of amides is 1. The van der Waals surface area contributed by atoms with Crippen molar-refractivity contribution in [3.8, 4) is 34.5 Å². The molecule has 8 heteroatoms. The van der Waals surface area contributed by atoms with Crippen LogP contribution in [-0.2, 0) is 17.9 Å². The van der Waals surface area contributed by atoms with Gasteiger partial charge in [0.15, 0.2) is 23.0 Å². The van der Waals surface area contributed by atoms with Gasteiger partial charge in [-0.15, -0.1) is 0 Å². The predicted molar refractivity (Wildman–Crippen MR) is 112 cm³/mol. The van der Waals surface area contributed by atoms with E-state index in [1.165, 1.54) is 6.92 Å². The second-order valence-corrected chi connectivity index (χ2v) is 6.44. The summed E-state index contributed by atoms with van der Waals surface area (Å²) in [4.78, 5) is 14.1. The van der Waals surface area contributed by atoms with E-state index in [0.717, 1.165) is 11.1 Å². The molecule has 0 N–H and O–H groups in total. The number of hydrogen-bond acceptors (Lipinski definition) is 7. The summed E-state index contributed by atoms with van der Waals surface area (Å²) in [6.07, 6.45) is 0. The Labute approximate surface area is 177 Å². The fourth-order valence-corrected chi connectivity index (χ4v) is 3.17. The third kappa shape index (κ3) is 5.00. The van der Waals surface area contributed by atoms with E-state index in [1.807, 2.05) is 24.3 Å². The van der Waals surface area contributed by atoms with Crippen LogP contribution in [0.5, 0.6) is 34.5 Å². The summed E-state index contributed by atoms with van der Waals surface area (Å²) in [6, 6.07) is 7.30. The predicted octanol–water partition coefficient (Wildman–Crippen LogP) is 3.29. The first kappa shape index (κ1) is 23.0. The Hall–Kier alpha value is -3.29. The van der Waals surface area contributed by atoms with Gasteiger partial charge in [-0.3, -0.25) is 4.79 Å². The van der Waals surface area contributed by atoms with E-state index in [2.05, 4.69) is 0 Å². The summed E-state index contributed by atoms with van der Waals surface area (Å²) in [5, 5.41) is 0. The number of carbonyl (C=O) groups is 1. The third-order valence-electron chi connectivity index (χ3n) is 4.64. The number of methoxy groups -OCH3 is 6. The molecule has 0 fully saturated rings. The van der Waals surface area contributed by atoms with Crippen LogP contribution in [0.4, 0.5) is 0 Å². The van der Waals surface area contributed by atoms with Gasteiger partial charge in [0, 0.05) is 20.0 Å². The van der Waals surface area contributed by atoms with Gasteiger partial charge in [-0.25, -0.2) is 0 Å². The number of benzene rings is 2. The lowest BCUT2D eigenvalue weighted by atomic mass is 10.1. The average Bonchev–Trinajstić information content (AvgIpc) is 2.76. The quantitative estimate of drug-likeness (QED) is 0.585. The molecule has 0 aliphatic rings. The standard InChI is InChI=1S/C22H29NO7/c1-14(24)23(12-15-8-17(25-2)21(29-6)18(9-15)26-3)13-16-10-19(27-4)22(30-7)20(11-16)28-5/h8-11H,12-13H2,1-7H3. The van der Waals surface area contributed by atoms with Gasteiger partial charge in [0.05, 0.1) is 42.7 Å². The van der Waals surface area contributed by atoms with Crippen LogP contribution in [0.25, 0.3) is 0 Å². The molecule has 0 unspecified atom stereocenters. The molecule has 164 valence electrons. The minimum atomic E-state index is -0.0856. The maximum absolute atomic E-state index is 12.4. The SMILES string of the molecule is COc1cc(CN(Cc2cc(OC)c(OC)c(OC)c2)C(C)=O)cc(OC)c1OC. The molecule has 0 aliphatic carbocycles. The number of rotatable bonds is 10. The minimum absolute atomic E-state index is 0.0856. The minimum Gasteiger partial charge on any atom is -0.493 e. The van der Waals surface area contributed by atoms with Crippen molar-refractivity contribution >= 4 is 5.91 Å². The fraction of sp³-hybridized carbons (Fsp3) is 0.409. The van der Waals surface area contributed by atoms with Gasteiger partial charge in [-0.05, 0) is 35.4 Å². The zero-order chi connectivity index (χ0) is 22.3. The molecule has 2 aromatic carbocycles. The van der Waals surface area contributed by atoms with Crippen molar-refractivity contribution < 1.29 is 33.2 Å². The van der Waals surface area contributed by atoms with Crippen LogP contribution < -0.4 is 28.4 Å². The van der Waals surface area contributed by atoms with E-state index in [0.29, 0.717) is 47.6 Å². The highest BCUT2D eigenvalue weighted by molar-refractivity contribution is 5.73. The molecule has 0 radical (unpaired) electrons. The summed E-state index contributed by atoms with van der Waals surface area (Å²) >= 11 is 0. The zero-order valence-electron chi connectivity index (χ0n) is 18.5. The van der Waals surface area contributed by atoms with Crippen molar-refractivity contribution in [2.75, 3.05) is 42.7 Å². The molecule has 0 atom stereocenters. The van der Waals surface area contributed by atoms with Crippen LogP contribution in [0.2, 0.25) is 0 Å². The zero-order valence-corrected chi connectivity index (χ0v) is 18.5. The maximum Gasteiger partial charge on any atom is 0.220 e. The highest BCUT2D eigenvalue weighted by Crippen LogP contribution is 2.40. The molecular weight excluding hydrogens is 390 g/mol. The van der Waals surface area contributed by atoms with E-state index >= 15 is 0 Å². The normalized spacial score (nSPS) is 10.2. The lowest BCUT2D eigenvalue weighted by Gasteiger charge is -2.23. The second-order valence-electron chi connectivity index (χ2n) is 6.44. The van der Waals surface area contributed by atoms with Crippen molar-refractivity contribution in [2.45, 2.75) is 20.0 Å². The lowest BCUT2D eigenvalue weighted by Crippen LogP contribution is -2.27. The van der Waals surface area contributed by atoms with Crippen molar-refractivity contribution in [1.29, 1.82) is 0 Å². The molecule has 0 saturated carbocycles. The number of nitrogens with zero attached hydrogens (tertiary/aromatic N) is 1. The van der Waals surface area contributed by atoms with Crippen LogP contribution in [0, 0.1) is 0 Å². The molecule has 1 amide bonds. The summed E-state index contributed by atoms with van der Waals surface area (Å²) < 4.78 is 32.4. The Balaban J connectivity index is 2.37. The molecule has 8 nitrogen and oxygen atoms in total. The van der Waals surface area contributed by atoms with Crippen LogP contribution in [-0.4, -0.2) is 53.5 Å². The molecule has 2 rings (SSSR count). The van der Waals surface area contributed by atoms with Gasteiger partial charge in [0.2, 0.25) is 17.4 Å². The summed E-state index contributed by atoms with van der Waals surface area (Å²) in [7, 11) is 9.32. The Bertz CT molecular complexity index is 766. The van der Waals surface area contributed by atoms with Gasteiger partial charge in [0.25, 0.3) is 0 Å². The lowest BCUT2D eigenvalue weighted by molar-refractivity contribution is -0.130. The van der Waals surface area contributed by atoms with Crippen molar-refractivity contribution in [3.05, 3.63) is 35.4 Å². The fourth-order valence-electron chi connectivity index (χ4n) is 3.17. The number of hydrogen-bond donors (Lipinski definition) is 0. The van der Waals surface area contributed by atoms with Crippen molar-refractivity contribution in [1.82, 2.24) is 4.90 Å². The molecule has 0 aromatic heterocycles. The first-order chi connectivity index (χ1) is 14.4. The molecule has 0 heterocycles. The molecule has 0 spiro atoms. The Morgan fingerprint density at radius 2 is 0.933 bits per heavy atom. The molecule has 0 saturated heterocycles. The van der Waals surface area contributed by atoms with Gasteiger partial charge in [-0.1, -0.05) is 0 Å². The highest BCUT2D eigenvalue weighted by Gasteiger charge is 2.19. The summed E-state index contributed by atoms with van der Waals surface area (Å²) in [6.45, 7) is 2.22. The largest absolute Gasteiger partial charge is 0.493 e. The molecule has 0 bridgehead atoms. The Kier molecular flexibility index (Phi) is 8.03. The summed E-state index contributed by atoms with van der Waals surface area (Å²) in [5.41, 5.74) is 1.68. The first-order valence-electron chi connectivity index (χ1n) is 9.25. The molecule has 0 aliphatic heterocycles. The number of ether oxygens (including phenoxy) is 6. The molecular formula is C22H29NO7. The van der Waals surface area contributed by atoms with Crippen LogP contribution in [0.3, 0.4) is 0 Å². The highest BCUT2D eigenvalue weighted by atomic mass is 16.5. The van der Waals surface area contributed by atoms with E-state index in [-0.39, 0.29) is 5.91 Å².